The quantitative estimate of drug-likeness (QED) is 0.175. The number of hydrogen-bond donors (Lipinski definition) is 2. The average molecular weight is 746 g/mol. The van der Waals surface area contributed by atoms with Gasteiger partial charge in [-0.1, -0.05) is 0 Å². The van der Waals surface area contributed by atoms with Crippen molar-refractivity contribution in [2.75, 3.05) is 13.1 Å². The SMILES string of the molecule is Cc1cc(C)c(C2=CC=CC(C=C3CCCCC3(Cl)P(Cl)(c3c(C)cc(C)cc3C)(C3CCCCC3)C3CCCCC3)C2=C2NCCN2)c(C)c1. The van der Waals surface area contributed by atoms with E-state index in [2.05, 4.69) is 101 Å². The van der Waals surface area contributed by atoms with E-state index in [4.69, 9.17) is 11.6 Å². The summed E-state index contributed by atoms with van der Waals surface area (Å²) in [5.41, 5.74) is 14.5. The van der Waals surface area contributed by atoms with Gasteiger partial charge in [-0.2, -0.15) is 0 Å². The molecular formula is C46H63Cl2N2P. The number of nitrogens with one attached hydrogen (secondary N) is 2. The molecule has 4 aliphatic carbocycles. The molecule has 1 saturated heterocycles. The first kappa shape index (κ1) is 37.3. The van der Waals surface area contributed by atoms with Crippen molar-refractivity contribution in [3.05, 3.63) is 104 Å². The number of aryl methyl sites for hydroxylation is 6. The fraction of sp³-hybridized carbons (Fsp3) is 0.565. The number of rotatable bonds is 6. The molecular weight excluding hydrogens is 682 g/mol. The molecule has 276 valence electrons. The molecule has 2 unspecified atom stereocenters. The Hall–Kier alpha value is -1.99. The van der Waals surface area contributed by atoms with Crippen molar-refractivity contribution in [3.8, 4) is 0 Å². The van der Waals surface area contributed by atoms with Crippen molar-refractivity contribution in [2.45, 2.75) is 147 Å². The van der Waals surface area contributed by atoms with Crippen LogP contribution in [0.5, 0.6) is 0 Å². The summed E-state index contributed by atoms with van der Waals surface area (Å²) in [6, 6.07) is 9.57. The fourth-order valence-corrected chi connectivity index (χ4v) is 24.4. The van der Waals surface area contributed by atoms with Crippen LogP contribution in [0.3, 0.4) is 0 Å². The van der Waals surface area contributed by atoms with Crippen LogP contribution in [0.2, 0.25) is 0 Å². The van der Waals surface area contributed by atoms with Crippen LogP contribution < -0.4 is 15.9 Å². The normalized spacial score (nSPS) is 26.8. The number of benzene rings is 2. The first-order chi connectivity index (χ1) is 24.5. The topological polar surface area (TPSA) is 24.1 Å². The first-order valence-electron chi connectivity index (χ1n) is 20.4. The van der Waals surface area contributed by atoms with Gasteiger partial charge in [-0.3, -0.25) is 0 Å². The van der Waals surface area contributed by atoms with Gasteiger partial charge in [-0.15, -0.1) is 0 Å². The second kappa shape index (κ2) is 14.7. The van der Waals surface area contributed by atoms with E-state index in [1.807, 2.05) is 0 Å². The monoisotopic (exact) mass is 744 g/mol. The van der Waals surface area contributed by atoms with Crippen molar-refractivity contribution in [1.29, 1.82) is 0 Å². The summed E-state index contributed by atoms with van der Waals surface area (Å²) in [4.78, 5) is 0. The molecule has 2 N–H and O–H groups in total. The zero-order valence-electron chi connectivity index (χ0n) is 32.4. The van der Waals surface area contributed by atoms with E-state index >= 15 is 0 Å². The molecule has 7 rings (SSSR count). The predicted molar refractivity (Wildman–Crippen MR) is 226 cm³/mol. The Balaban J connectivity index is 1.48. The van der Waals surface area contributed by atoms with Gasteiger partial charge >= 0.3 is 321 Å². The van der Waals surface area contributed by atoms with Gasteiger partial charge in [0.1, 0.15) is 0 Å². The Morgan fingerprint density at radius 1 is 0.706 bits per heavy atom. The summed E-state index contributed by atoms with van der Waals surface area (Å²) in [5, 5.41) is 9.04. The van der Waals surface area contributed by atoms with Gasteiger partial charge in [0, 0.05) is 0 Å². The zero-order chi connectivity index (χ0) is 36.0. The Morgan fingerprint density at radius 2 is 1.24 bits per heavy atom. The van der Waals surface area contributed by atoms with Crippen LogP contribution in [-0.4, -0.2) is 29.0 Å². The summed E-state index contributed by atoms with van der Waals surface area (Å²) >= 11 is 18.3. The molecule has 2 nitrogen and oxygen atoms in total. The third kappa shape index (κ3) is 6.11. The molecule has 2 aromatic carbocycles. The summed E-state index contributed by atoms with van der Waals surface area (Å²) in [6.45, 7) is 15.7. The van der Waals surface area contributed by atoms with E-state index in [-0.39, 0.29) is 5.92 Å². The van der Waals surface area contributed by atoms with Crippen molar-refractivity contribution < 1.29 is 0 Å². The molecule has 5 heteroatoms. The summed E-state index contributed by atoms with van der Waals surface area (Å²) in [7, 11) is 0. The number of halogens is 2. The first-order valence-corrected chi connectivity index (χ1v) is 24.0. The van der Waals surface area contributed by atoms with Crippen LogP contribution in [-0.2, 0) is 0 Å². The maximum atomic E-state index is 9.41. The molecule has 2 aromatic rings. The summed E-state index contributed by atoms with van der Waals surface area (Å²) in [6.07, 6.45) is 26.7. The Kier molecular flexibility index (Phi) is 10.7. The third-order valence-corrected chi connectivity index (χ3v) is 25.9. The van der Waals surface area contributed by atoms with Gasteiger partial charge in [-0.05, 0) is 0 Å². The molecule has 2 atom stereocenters. The standard InChI is InChI=1S/C46H63Cl2N2P/c1-31-26-33(3)42(34(4)27-31)41-22-15-16-37(43(41)45-49-24-25-50-45)30-38-17-13-14-23-46(38,47)51(48,39-18-9-7-10-19-39,40-20-11-8-12-21-40)44-35(5)28-32(2)29-36(44)6/h15-16,22,26-30,37,39-40,49-50H,7-14,17-21,23-25H2,1-6H3. The molecule has 5 aliphatic rings. The van der Waals surface area contributed by atoms with Crippen molar-refractivity contribution in [1.82, 2.24) is 10.6 Å². The molecule has 3 saturated carbocycles. The Morgan fingerprint density at radius 3 is 1.78 bits per heavy atom. The summed E-state index contributed by atoms with van der Waals surface area (Å²) < 4.78 is -0.572. The molecule has 0 radical (unpaired) electrons. The van der Waals surface area contributed by atoms with Crippen LogP contribution in [0.4, 0.5) is 0 Å². The summed E-state index contributed by atoms with van der Waals surface area (Å²) in [5.74, 6) is -2.20. The number of allylic oxidation sites excluding steroid dienone is 7. The van der Waals surface area contributed by atoms with Crippen LogP contribution >= 0.6 is 28.8 Å². The van der Waals surface area contributed by atoms with E-state index in [9.17, 15) is 11.2 Å². The average Bonchev–Trinajstić information content (AvgIpc) is 3.64. The zero-order valence-corrected chi connectivity index (χ0v) is 34.8. The van der Waals surface area contributed by atoms with Crippen LogP contribution in [0.25, 0.3) is 5.57 Å². The van der Waals surface area contributed by atoms with Crippen LogP contribution in [0, 0.1) is 47.5 Å². The molecule has 0 aromatic heterocycles. The number of alkyl halides is 1. The van der Waals surface area contributed by atoms with E-state index in [0.717, 1.165) is 32.4 Å². The van der Waals surface area contributed by atoms with E-state index in [1.54, 1.807) is 0 Å². The molecule has 51 heavy (non-hydrogen) atoms. The van der Waals surface area contributed by atoms with Crippen LogP contribution in [0.1, 0.15) is 129 Å². The predicted octanol–water partition coefficient (Wildman–Crippen LogP) is 12.6. The van der Waals surface area contributed by atoms with Crippen molar-refractivity contribution in [2.24, 2.45) is 5.92 Å². The van der Waals surface area contributed by atoms with E-state index < -0.39 is 10.6 Å². The number of hydrogen-bond acceptors (Lipinski definition) is 2. The molecule has 0 bridgehead atoms. The van der Waals surface area contributed by atoms with Gasteiger partial charge in [0.15, 0.2) is 0 Å². The molecule has 4 fully saturated rings. The molecule has 1 aliphatic heterocycles. The minimum atomic E-state index is -3.48. The molecule has 1 heterocycles. The maximum absolute atomic E-state index is 9.41. The molecule has 0 amide bonds. The van der Waals surface area contributed by atoms with Gasteiger partial charge in [-0.25, -0.2) is 0 Å². The van der Waals surface area contributed by atoms with Crippen molar-refractivity contribution >= 4 is 39.7 Å². The van der Waals surface area contributed by atoms with Crippen LogP contribution in [0.15, 0.2) is 65.5 Å². The van der Waals surface area contributed by atoms with Gasteiger partial charge in [0.25, 0.3) is 0 Å². The van der Waals surface area contributed by atoms with E-state index in [0.29, 0.717) is 11.3 Å². The fourth-order valence-electron chi connectivity index (χ4n) is 12.0. The van der Waals surface area contributed by atoms with Gasteiger partial charge in [0.2, 0.25) is 0 Å². The minimum absolute atomic E-state index is 0.105. The second-order valence-electron chi connectivity index (χ2n) is 17.0. The second-order valence-corrected chi connectivity index (χ2v) is 25.1. The Bertz CT molecular complexity index is 1710. The van der Waals surface area contributed by atoms with Gasteiger partial charge in [0.05, 0.1) is 0 Å². The van der Waals surface area contributed by atoms with Gasteiger partial charge < -0.3 is 0 Å². The Labute approximate surface area is 319 Å². The van der Waals surface area contributed by atoms with Crippen molar-refractivity contribution in [3.63, 3.8) is 0 Å². The molecule has 0 spiro atoms. The van der Waals surface area contributed by atoms with E-state index in [1.165, 1.54) is 137 Å². The third-order valence-electron chi connectivity index (χ3n) is 13.6.